The Hall–Kier alpha value is -3.52. The average molecular weight is 461 g/mol. The molecule has 4 aromatic rings. The van der Waals surface area contributed by atoms with Gasteiger partial charge in [-0.05, 0) is 78.9 Å². The zero-order chi connectivity index (χ0) is 24.3. The van der Waals surface area contributed by atoms with E-state index in [0.717, 1.165) is 40.0 Å². The number of nitrogens with one attached hydrogen (secondary N) is 1. The maximum atomic E-state index is 12.9. The Morgan fingerprint density at radius 1 is 1.06 bits per heavy atom. The third kappa shape index (κ3) is 5.17. The lowest BCUT2D eigenvalue weighted by Gasteiger charge is -2.27. The van der Waals surface area contributed by atoms with Gasteiger partial charge in [0.25, 0.3) is 5.56 Å². The summed E-state index contributed by atoms with van der Waals surface area (Å²) in [5.74, 6) is 1.58. The molecule has 4 rings (SSSR count). The van der Waals surface area contributed by atoms with Crippen LogP contribution in [0.1, 0.15) is 49.7 Å². The molecule has 0 fully saturated rings. The van der Waals surface area contributed by atoms with Crippen LogP contribution in [-0.2, 0) is 25.2 Å². The summed E-state index contributed by atoms with van der Waals surface area (Å²) < 4.78 is 7.19. The Bertz CT molecular complexity index is 1320. The zero-order valence-electron chi connectivity index (χ0n) is 20.5. The molecule has 2 heterocycles. The van der Waals surface area contributed by atoms with E-state index in [2.05, 4.69) is 59.2 Å². The molecule has 2 aromatic heterocycles. The number of methoxy groups -OCH3 is 1. The van der Waals surface area contributed by atoms with Crippen molar-refractivity contribution in [3.05, 3.63) is 81.4 Å². The summed E-state index contributed by atoms with van der Waals surface area (Å²) in [6, 6.07) is 16.0. The number of hydrogen-bond acceptors (Lipinski definition) is 6. The van der Waals surface area contributed by atoms with Crippen molar-refractivity contribution in [2.45, 2.75) is 59.3 Å². The summed E-state index contributed by atoms with van der Waals surface area (Å²) in [6.07, 6.45) is 0.896. The van der Waals surface area contributed by atoms with E-state index in [1.807, 2.05) is 47.1 Å². The molecule has 0 aliphatic carbocycles. The van der Waals surface area contributed by atoms with Gasteiger partial charge in [-0.2, -0.15) is 0 Å². The highest BCUT2D eigenvalue weighted by atomic mass is 16.5. The van der Waals surface area contributed by atoms with E-state index in [0.29, 0.717) is 25.2 Å². The van der Waals surface area contributed by atoms with E-state index in [1.165, 1.54) is 0 Å². The molecule has 0 radical (unpaired) electrons. The summed E-state index contributed by atoms with van der Waals surface area (Å²) in [6.45, 7) is 10.0. The maximum Gasteiger partial charge on any atom is 0.252 e. The first kappa shape index (κ1) is 23.6. The number of aromatic nitrogens is 5. The Morgan fingerprint density at radius 2 is 1.82 bits per heavy atom. The molecule has 0 aliphatic heterocycles. The Kier molecular flexibility index (Phi) is 6.79. The monoisotopic (exact) mass is 460 g/mol. The van der Waals surface area contributed by atoms with Crippen LogP contribution in [0, 0.1) is 6.92 Å². The maximum absolute atomic E-state index is 12.9. The molecular formula is C26H32N6O2. The predicted octanol–water partition coefficient (Wildman–Crippen LogP) is 4.18. The van der Waals surface area contributed by atoms with E-state index in [4.69, 9.17) is 4.74 Å². The van der Waals surface area contributed by atoms with Gasteiger partial charge in [-0.25, -0.2) is 4.68 Å². The van der Waals surface area contributed by atoms with Crippen LogP contribution in [-0.4, -0.2) is 37.2 Å². The van der Waals surface area contributed by atoms with Crippen LogP contribution in [0.15, 0.2) is 53.3 Å². The van der Waals surface area contributed by atoms with Gasteiger partial charge in [0.2, 0.25) is 0 Å². The zero-order valence-corrected chi connectivity index (χ0v) is 20.5. The van der Waals surface area contributed by atoms with Gasteiger partial charge >= 0.3 is 0 Å². The lowest BCUT2D eigenvalue weighted by atomic mass is 10.0. The Morgan fingerprint density at radius 3 is 2.53 bits per heavy atom. The topological polar surface area (TPSA) is 88.9 Å². The van der Waals surface area contributed by atoms with Crippen molar-refractivity contribution in [1.29, 1.82) is 0 Å². The van der Waals surface area contributed by atoms with Gasteiger partial charge in [-0.1, -0.05) is 30.7 Å². The van der Waals surface area contributed by atoms with Crippen molar-refractivity contribution >= 4 is 10.9 Å². The second kappa shape index (κ2) is 9.77. The molecule has 0 saturated carbocycles. The Balaban J connectivity index is 1.68. The van der Waals surface area contributed by atoms with Crippen molar-refractivity contribution in [2.24, 2.45) is 0 Å². The van der Waals surface area contributed by atoms with E-state index in [1.54, 1.807) is 7.11 Å². The number of pyridine rings is 1. The fourth-order valence-corrected chi connectivity index (χ4v) is 4.01. The van der Waals surface area contributed by atoms with Gasteiger partial charge in [0.05, 0.1) is 19.2 Å². The van der Waals surface area contributed by atoms with Crippen LogP contribution >= 0.6 is 0 Å². The number of hydrogen-bond donors (Lipinski definition) is 1. The van der Waals surface area contributed by atoms with Crippen molar-refractivity contribution in [3.8, 4) is 5.75 Å². The van der Waals surface area contributed by atoms with Gasteiger partial charge in [-0.3, -0.25) is 9.69 Å². The number of H-pyrrole nitrogens is 1. The molecule has 0 aliphatic rings. The third-order valence-corrected chi connectivity index (χ3v) is 6.37. The molecule has 178 valence electrons. The fraction of sp³-hybridized carbons (Fsp3) is 0.385. The van der Waals surface area contributed by atoms with Crippen LogP contribution in [0.4, 0.5) is 0 Å². The normalized spacial score (nSPS) is 11.9. The summed E-state index contributed by atoms with van der Waals surface area (Å²) in [5, 5.41) is 13.6. The average Bonchev–Trinajstić information content (AvgIpc) is 3.29. The van der Waals surface area contributed by atoms with Gasteiger partial charge in [-0.15, -0.1) is 5.10 Å². The number of rotatable bonds is 9. The van der Waals surface area contributed by atoms with Gasteiger partial charge in [0.15, 0.2) is 5.82 Å². The van der Waals surface area contributed by atoms with Crippen LogP contribution in [0.3, 0.4) is 0 Å². The summed E-state index contributed by atoms with van der Waals surface area (Å²) in [5.41, 5.74) is 3.53. The number of nitrogens with zero attached hydrogens (tertiary/aromatic N) is 5. The molecule has 0 atom stereocenters. The molecule has 0 unspecified atom stereocenters. The number of aryl methyl sites for hydroxylation is 1. The number of ether oxygens (including phenoxy) is 1. The lowest BCUT2D eigenvalue weighted by Crippen LogP contribution is -2.32. The summed E-state index contributed by atoms with van der Waals surface area (Å²) in [4.78, 5) is 18.1. The highest BCUT2D eigenvalue weighted by molar-refractivity contribution is 5.79. The molecule has 2 aromatic carbocycles. The third-order valence-electron chi connectivity index (χ3n) is 6.37. The van der Waals surface area contributed by atoms with Crippen LogP contribution < -0.4 is 10.3 Å². The summed E-state index contributed by atoms with van der Waals surface area (Å²) in [7, 11) is 1.66. The number of benzene rings is 2. The van der Waals surface area contributed by atoms with Crippen LogP contribution in [0.5, 0.6) is 5.75 Å². The summed E-state index contributed by atoms with van der Waals surface area (Å²) >= 11 is 0. The Labute approximate surface area is 199 Å². The second-order valence-electron chi connectivity index (χ2n) is 9.38. The molecule has 0 saturated heterocycles. The first-order valence-electron chi connectivity index (χ1n) is 11.5. The van der Waals surface area contributed by atoms with Crippen LogP contribution in [0.25, 0.3) is 10.9 Å². The molecule has 8 nitrogen and oxygen atoms in total. The molecule has 34 heavy (non-hydrogen) atoms. The number of tetrazole rings is 1. The lowest BCUT2D eigenvalue weighted by molar-refractivity contribution is 0.217. The minimum absolute atomic E-state index is 0.0791. The molecule has 8 heteroatoms. The van der Waals surface area contributed by atoms with E-state index in [9.17, 15) is 4.79 Å². The molecule has 0 bridgehead atoms. The van der Waals surface area contributed by atoms with Crippen molar-refractivity contribution < 1.29 is 4.74 Å². The fourth-order valence-electron chi connectivity index (χ4n) is 4.01. The highest BCUT2D eigenvalue weighted by Gasteiger charge is 2.25. The first-order valence-corrected chi connectivity index (χ1v) is 11.5. The number of fused-ring (bicyclic) bond motifs is 1. The second-order valence-corrected chi connectivity index (χ2v) is 9.38. The molecule has 1 N–H and O–H groups in total. The largest absolute Gasteiger partial charge is 0.497 e. The van der Waals surface area contributed by atoms with E-state index in [-0.39, 0.29) is 11.1 Å². The SMILES string of the molecule is CCC(C)(C)n1nnnc1CN(Cc1ccc(OC)cc1)Cc1cc2cc(C)ccc2[nH]c1=O. The molecule has 0 spiro atoms. The van der Waals surface area contributed by atoms with Crippen molar-refractivity contribution in [3.63, 3.8) is 0 Å². The smallest absolute Gasteiger partial charge is 0.252 e. The number of aromatic amines is 1. The highest BCUT2D eigenvalue weighted by Crippen LogP contribution is 2.22. The van der Waals surface area contributed by atoms with Crippen molar-refractivity contribution in [1.82, 2.24) is 30.1 Å². The van der Waals surface area contributed by atoms with Gasteiger partial charge in [0, 0.05) is 24.2 Å². The predicted molar refractivity (Wildman–Crippen MR) is 133 cm³/mol. The molecule has 0 amide bonds. The first-order chi connectivity index (χ1) is 16.3. The minimum Gasteiger partial charge on any atom is -0.497 e. The quantitative estimate of drug-likeness (QED) is 0.403. The van der Waals surface area contributed by atoms with Gasteiger partial charge in [0.1, 0.15) is 5.75 Å². The van der Waals surface area contributed by atoms with Crippen LogP contribution in [0.2, 0.25) is 0 Å². The van der Waals surface area contributed by atoms with Crippen molar-refractivity contribution in [2.75, 3.05) is 7.11 Å². The standard InChI is InChI=1S/C26H32N6O2/c1-6-26(3,4)32-24(28-29-30-32)17-31(15-19-8-10-22(34-5)11-9-19)16-21-14-20-13-18(2)7-12-23(20)27-25(21)33/h7-14H,6,15-17H2,1-5H3,(H,27,33). The molecular weight excluding hydrogens is 428 g/mol. The van der Waals surface area contributed by atoms with Gasteiger partial charge < -0.3 is 9.72 Å². The minimum atomic E-state index is -0.206. The van der Waals surface area contributed by atoms with E-state index >= 15 is 0 Å². The van der Waals surface area contributed by atoms with E-state index < -0.39 is 0 Å².